The summed E-state index contributed by atoms with van der Waals surface area (Å²) >= 11 is 3.45. The molecule has 164 valence electrons. The molecule has 0 fully saturated rings. The number of hydrogen-bond acceptors (Lipinski definition) is 4. The van der Waals surface area contributed by atoms with Gasteiger partial charge in [0, 0.05) is 33.5 Å². The molecule has 4 aromatic rings. The Morgan fingerprint density at radius 1 is 1.16 bits per heavy atom. The Morgan fingerprint density at radius 2 is 1.94 bits per heavy atom. The van der Waals surface area contributed by atoms with Crippen molar-refractivity contribution in [2.45, 2.75) is 47.0 Å². The zero-order chi connectivity index (χ0) is 23.0. The second kappa shape index (κ2) is 8.82. The Labute approximate surface area is 195 Å². The van der Waals surface area contributed by atoms with Crippen molar-refractivity contribution in [3.05, 3.63) is 85.8 Å². The molecule has 0 unspecified atom stereocenters. The monoisotopic (exact) mass is 491 g/mol. The van der Waals surface area contributed by atoms with Gasteiger partial charge >= 0.3 is 0 Å². The minimum Gasteiger partial charge on any atom is -0.303 e. The second-order valence-corrected chi connectivity index (χ2v) is 9.07. The van der Waals surface area contributed by atoms with Crippen LogP contribution in [-0.2, 0) is 0 Å². The van der Waals surface area contributed by atoms with E-state index in [0.29, 0.717) is 16.7 Å². The third-order valence-electron chi connectivity index (χ3n) is 5.79. The van der Waals surface area contributed by atoms with Crippen LogP contribution in [-0.4, -0.2) is 25.4 Å². The van der Waals surface area contributed by atoms with Gasteiger partial charge in [-0.25, -0.2) is 9.97 Å². The summed E-state index contributed by atoms with van der Waals surface area (Å²) in [5.74, 6) is 1.62. The molecule has 0 aliphatic carbocycles. The van der Waals surface area contributed by atoms with Gasteiger partial charge in [0.2, 0.25) is 0 Å². The van der Waals surface area contributed by atoms with Crippen LogP contribution in [0, 0.1) is 20.8 Å². The fourth-order valence-electron chi connectivity index (χ4n) is 3.76. The molecule has 6 nitrogen and oxygen atoms in total. The molecule has 0 aliphatic heterocycles. The highest BCUT2D eigenvalue weighted by Gasteiger charge is 2.16. The molecule has 3 aromatic heterocycles. The van der Waals surface area contributed by atoms with E-state index < -0.39 is 0 Å². The molecule has 3 heterocycles. The smallest absolute Gasteiger partial charge is 0.282 e. The fourth-order valence-corrected chi connectivity index (χ4v) is 4.12. The maximum Gasteiger partial charge on any atom is 0.282 e. The van der Waals surface area contributed by atoms with Gasteiger partial charge in [0.15, 0.2) is 0 Å². The number of pyridine rings is 1. The van der Waals surface area contributed by atoms with Gasteiger partial charge in [0.25, 0.3) is 5.56 Å². The van der Waals surface area contributed by atoms with Crippen molar-refractivity contribution in [3.8, 4) is 5.82 Å². The number of rotatable bonds is 5. The van der Waals surface area contributed by atoms with Gasteiger partial charge in [-0.05, 0) is 63.1 Å². The number of fused-ring (bicyclic) bond motifs is 1. The number of halogens is 1. The van der Waals surface area contributed by atoms with E-state index in [9.17, 15) is 4.79 Å². The lowest BCUT2D eigenvalue weighted by atomic mass is 10.1. The largest absolute Gasteiger partial charge is 0.303 e. The molecule has 0 bridgehead atoms. The van der Waals surface area contributed by atoms with Gasteiger partial charge in [-0.3, -0.25) is 4.79 Å². The van der Waals surface area contributed by atoms with Crippen molar-refractivity contribution >= 4 is 33.0 Å². The summed E-state index contributed by atoms with van der Waals surface area (Å²) in [7, 11) is 0. The van der Waals surface area contributed by atoms with Crippen LogP contribution in [0.1, 0.15) is 54.5 Å². The Balaban J connectivity index is 1.84. The molecule has 0 spiro atoms. The molecule has 4 rings (SSSR count). The Morgan fingerprint density at radius 3 is 2.62 bits per heavy atom. The third-order valence-corrected chi connectivity index (χ3v) is 6.29. The van der Waals surface area contributed by atoms with Crippen molar-refractivity contribution in [1.29, 1.82) is 0 Å². The molecule has 1 atom stereocenters. The fraction of sp³-hybridized carbons (Fsp3) is 0.280. The first-order valence-electron chi connectivity index (χ1n) is 10.7. The van der Waals surface area contributed by atoms with Crippen LogP contribution in [0.25, 0.3) is 16.7 Å². The zero-order valence-electron chi connectivity index (χ0n) is 18.9. The SMILES string of the molecule is CC[C@@H](C)c1nc2ccc(Br)cc2c(=O)n1N=Cc1cc(C)n(-c2ccc(C)cn2)c1C. The number of hydrogen-bond donors (Lipinski definition) is 0. The number of benzene rings is 1. The molecule has 1 aromatic carbocycles. The maximum absolute atomic E-state index is 13.3. The summed E-state index contributed by atoms with van der Waals surface area (Å²) in [5, 5.41) is 5.16. The van der Waals surface area contributed by atoms with Crippen molar-refractivity contribution in [2.24, 2.45) is 5.10 Å². The summed E-state index contributed by atoms with van der Waals surface area (Å²) in [6, 6.07) is 11.7. The van der Waals surface area contributed by atoms with E-state index in [4.69, 9.17) is 4.98 Å². The summed E-state index contributed by atoms with van der Waals surface area (Å²) in [6.45, 7) is 10.2. The normalized spacial score (nSPS) is 12.7. The molecule has 0 aliphatic rings. The Bertz CT molecular complexity index is 1380. The van der Waals surface area contributed by atoms with Crippen LogP contribution < -0.4 is 5.56 Å². The average Bonchev–Trinajstić information content (AvgIpc) is 3.06. The minimum absolute atomic E-state index is 0.0945. The minimum atomic E-state index is -0.170. The number of aryl methyl sites for hydroxylation is 2. The van der Waals surface area contributed by atoms with E-state index >= 15 is 0 Å². The van der Waals surface area contributed by atoms with Crippen molar-refractivity contribution in [1.82, 2.24) is 19.2 Å². The number of aromatic nitrogens is 4. The van der Waals surface area contributed by atoms with Crippen LogP contribution in [0.4, 0.5) is 0 Å². The first-order valence-corrected chi connectivity index (χ1v) is 11.5. The second-order valence-electron chi connectivity index (χ2n) is 8.16. The van der Waals surface area contributed by atoms with Crippen molar-refractivity contribution in [3.63, 3.8) is 0 Å². The zero-order valence-corrected chi connectivity index (χ0v) is 20.5. The molecular weight excluding hydrogens is 466 g/mol. The van der Waals surface area contributed by atoms with Gasteiger partial charge in [0.1, 0.15) is 11.6 Å². The van der Waals surface area contributed by atoms with Crippen LogP contribution in [0.15, 0.2) is 57.0 Å². The molecule has 0 radical (unpaired) electrons. The first kappa shape index (κ1) is 22.1. The van der Waals surface area contributed by atoms with Crippen LogP contribution >= 0.6 is 15.9 Å². The highest BCUT2D eigenvalue weighted by Crippen LogP contribution is 2.22. The topological polar surface area (TPSA) is 65.1 Å². The predicted octanol–water partition coefficient (Wildman–Crippen LogP) is 5.67. The van der Waals surface area contributed by atoms with E-state index in [-0.39, 0.29) is 11.5 Å². The summed E-state index contributed by atoms with van der Waals surface area (Å²) in [5.41, 5.74) is 4.62. The summed E-state index contributed by atoms with van der Waals surface area (Å²) < 4.78 is 4.37. The van der Waals surface area contributed by atoms with Crippen molar-refractivity contribution in [2.75, 3.05) is 0 Å². The molecule has 0 saturated carbocycles. The lowest BCUT2D eigenvalue weighted by Crippen LogP contribution is -2.23. The van der Waals surface area contributed by atoms with Crippen LogP contribution in [0.5, 0.6) is 0 Å². The van der Waals surface area contributed by atoms with Gasteiger partial charge < -0.3 is 4.57 Å². The van der Waals surface area contributed by atoms with E-state index in [1.54, 1.807) is 12.3 Å². The summed E-state index contributed by atoms with van der Waals surface area (Å²) in [6.07, 6.45) is 4.46. The standard InChI is InChI=1S/C25H26BrN5O/c1-6-16(3)24-29-22-9-8-20(26)12-21(22)25(32)31(24)28-14-19-11-17(4)30(18(19)5)23-10-7-15(2)13-27-23/h7-14,16H,6H2,1-5H3/t16-/m1/s1. The van der Waals surface area contributed by atoms with Gasteiger partial charge in [0.05, 0.1) is 17.1 Å². The first-order chi connectivity index (χ1) is 15.3. The Kier molecular flexibility index (Phi) is 6.11. The van der Waals surface area contributed by atoms with E-state index in [2.05, 4.69) is 50.5 Å². The molecule has 0 saturated heterocycles. The van der Waals surface area contributed by atoms with E-state index in [1.165, 1.54) is 4.68 Å². The average molecular weight is 492 g/mol. The molecule has 32 heavy (non-hydrogen) atoms. The van der Waals surface area contributed by atoms with E-state index in [1.807, 2.05) is 51.2 Å². The van der Waals surface area contributed by atoms with Gasteiger partial charge in [-0.15, -0.1) is 0 Å². The predicted molar refractivity (Wildman–Crippen MR) is 133 cm³/mol. The highest BCUT2D eigenvalue weighted by molar-refractivity contribution is 9.10. The van der Waals surface area contributed by atoms with Crippen LogP contribution in [0.3, 0.4) is 0 Å². The molecule has 0 amide bonds. The molecule has 0 N–H and O–H groups in total. The summed E-state index contributed by atoms with van der Waals surface area (Å²) in [4.78, 5) is 22.7. The molecule has 7 heteroatoms. The molecular formula is C25H26BrN5O. The van der Waals surface area contributed by atoms with Gasteiger partial charge in [-0.1, -0.05) is 35.8 Å². The van der Waals surface area contributed by atoms with Crippen LogP contribution in [0.2, 0.25) is 0 Å². The highest BCUT2D eigenvalue weighted by atomic mass is 79.9. The van der Waals surface area contributed by atoms with E-state index in [0.717, 1.165) is 39.2 Å². The lowest BCUT2D eigenvalue weighted by molar-refractivity contribution is 0.613. The maximum atomic E-state index is 13.3. The number of nitrogens with zero attached hydrogens (tertiary/aromatic N) is 5. The van der Waals surface area contributed by atoms with Gasteiger partial charge in [-0.2, -0.15) is 9.78 Å². The lowest BCUT2D eigenvalue weighted by Gasteiger charge is -2.14. The Hall–Kier alpha value is -3.06. The van der Waals surface area contributed by atoms with Crippen molar-refractivity contribution < 1.29 is 0 Å². The quantitative estimate of drug-likeness (QED) is 0.338. The third kappa shape index (κ3) is 4.05.